The van der Waals surface area contributed by atoms with Crippen LogP contribution >= 0.6 is 0 Å². The highest BCUT2D eigenvalue weighted by Crippen LogP contribution is 2.36. The molecule has 0 unspecified atom stereocenters. The van der Waals surface area contributed by atoms with E-state index in [2.05, 4.69) is 74.6 Å². The minimum Gasteiger partial charge on any atom is -0.444 e. The van der Waals surface area contributed by atoms with E-state index in [1.165, 1.54) is 10.4 Å². The standard InChI is InChI=1S/C25H37NO4Si/c1-24(2,3)30-23(28)26-20(19-27)17-18-29-31(25(4,5)6,21-13-9-7-10-14-21)22-15-11-8-12-16-22/h7-16,20,27H,17-19H2,1-6H3,(H,26,28)/t20-/m1/s1. The number of nitrogens with one attached hydrogen (secondary N) is 1. The van der Waals surface area contributed by atoms with Crippen molar-refractivity contribution < 1.29 is 19.1 Å². The number of aliphatic hydroxyl groups is 1. The average molecular weight is 444 g/mol. The number of alkyl carbamates (subject to hydrolysis) is 1. The van der Waals surface area contributed by atoms with Crippen molar-refractivity contribution in [3.05, 3.63) is 60.7 Å². The minimum absolute atomic E-state index is 0.122. The molecular weight excluding hydrogens is 406 g/mol. The van der Waals surface area contributed by atoms with E-state index in [1.807, 2.05) is 32.9 Å². The molecule has 0 aromatic heterocycles. The van der Waals surface area contributed by atoms with Gasteiger partial charge in [-0.1, -0.05) is 81.4 Å². The molecule has 0 spiro atoms. The zero-order chi connectivity index (χ0) is 23.1. The quantitative estimate of drug-likeness (QED) is 0.609. The summed E-state index contributed by atoms with van der Waals surface area (Å²) in [5.74, 6) is 0. The maximum atomic E-state index is 12.1. The van der Waals surface area contributed by atoms with E-state index in [-0.39, 0.29) is 11.6 Å². The van der Waals surface area contributed by atoms with Gasteiger partial charge in [0, 0.05) is 6.61 Å². The molecule has 0 fully saturated rings. The van der Waals surface area contributed by atoms with Gasteiger partial charge in [0.05, 0.1) is 12.6 Å². The summed E-state index contributed by atoms with van der Waals surface area (Å²) >= 11 is 0. The molecule has 0 saturated carbocycles. The van der Waals surface area contributed by atoms with Crippen molar-refractivity contribution >= 4 is 24.8 Å². The number of ether oxygens (including phenoxy) is 1. The maximum Gasteiger partial charge on any atom is 0.407 e. The first-order chi connectivity index (χ1) is 14.5. The number of aliphatic hydroxyl groups excluding tert-OH is 1. The molecule has 2 N–H and O–H groups in total. The van der Waals surface area contributed by atoms with E-state index >= 15 is 0 Å². The Balaban J connectivity index is 2.25. The largest absolute Gasteiger partial charge is 0.444 e. The van der Waals surface area contributed by atoms with Crippen molar-refractivity contribution in [3.8, 4) is 0 Å². The van der Waals surface area contributed by atoms with Gasteiger partial charge in [-0.15, -0.1) is 0 Å². The van der Waals surface area contributed by atoms with Crippen LogP contribution in [0.25, 0.3) is 0 Å². The third kappa shape index (κ3) is 6.66. The first-order valence-electron chi connectivity index (χ1n) is 10.8. The van der Waals surface area contributed by atoms with Gasteiger partial charge < -0.3 is 19.6 Å². The molecule has 0 aliphatic carbocycles. The van der Waals surface area contributed by atoms with Gasteiger partial charge in [-0.2, -0.15) is 0 Å². The fraction of sp³-hybridized carbons (Fsp3) is 0.480. The van der Waals surface area contributed by atoms with Crippen LogP contribution in [0.5, 0.6) is 0 Å². The summed E-state index contributed by atoms with van der Waals surface area (Å²) in [6, 6.07) is 20.4. The lowest BCUT2D eigenvalue weighted by Crippen LogP contribution is -2.66. The Morgan fingerprint density at radius 2 is 1.42 bits per heavy atom. The lowest BCUT2D eigenvalue weighted by molar-refractivity contribution is 0.0473. The molecule has 6 heteroatoms. The normalized spacial score (nSPS) is 13.5. The number of carbonyl (C=O) groups is 1. The first-order valence-corrected chi connectivity index (χ1v) is 12.8. The topological polar surface area (TPSA) is 67.8 Å². The van der Waals surface area contributed by atoms with Crippen molar-refractivity contribution in [2.75, 3.05) is 13.2 Å². The van der Waals surface area contributed by atoms with E-state index in [9.17, 15) is 9.90 Å². The van der Waals surface area contributed by atoms with Gasteiger partial charge >= 0.3 is 6.09 Å². The second-order valence-electron chi connectivity index (χ2n) is 9.83. The second kappa shape index (κ2) is 10.4. The summed E-state index contributed by atoms with van der Waals surface area (Å²) in [6.07, 6.45) is -0.0442. The Labute approximate surface area is 187 Å². The molecule has 31 heavy (non-hydrogen) atoms. The van der Waals surface area contributed by atoms with Crippen molar-refractivity contribution in [2.45, 2.75) is 64.6 Å². The van der Waals surface area contributed by atoms with Gasteiger partial charge in [-0.25, -0.2) is 4.79 Å². The fourth-order valence-corrected chi connectivity index (χ4v) is 8.38. The Hall–Kier alpha value is -2.15. The van der Waals surface area contributed by atoms with Gasteiger partial charge in [-0.3, -0.25) is 0 Å². The number of carbonyl (C=O) groups excluding carboxylic acids is 1. The van der Waals surface area contributed by atoms with Crippen LogP contribution in [0.2, 0.25) is 5.04 Å². The van der Waals surface area contributed by atoms with E-state index in [4.69, 9.17) is 9.16 Å². The van der Waals surface area contributed by atoms with Crippen molar-refractivity contribution in [1.29, 1.82) is 0 Å². The number of hydrogen-bond acceptors (Lipinski definition) is 4. The Bertz CT molecular complexity index is 773. The summed E-state index contributed by atoms with van der Waals surface area (Å²) in [6.45, 7) is 12.3. The molecule has 2 rings (SSSR count). The third-order valence-electron chi connectivity index (χ3n) is 5.14. The number of benzene rings is 2. The van der Waals surface area contributed by atoms with Crippen molar-refractivity contribution in [3.63, 3.8) is 0 Å². The van der Waals surface area contributed by atoms with Crippen LogP contribution in [-0.2, 0) is 9.16 Å². The van der Waals surface area contributed by atoms with Crippen LogP contribution in [0.3, 0.4) is 0 Å². The monoisotopic (exact) mass is 443 g/mol. The van der Waals surface area contributed by atoms with Crippen LogP contribution in [-0.4, -0.2) is 44.4 Å². The van der Waals surface area contributed by atoms with E-state index in [0.29, 0.717) is 13.0 Å². The molecule has 1 amide bonds. The van der Waals surface area contributed by atoms with E-state index in [0.717, 1.165) is 0 Å². The molecule has 2 aromatic carbocycles. The minimum atomic E-state index is -2.63. The van der Waals surface area contributed by atoms with Gasteiger partial charge in [0.15, 0.2) is 0 Å². The average Bonchev–Trinajstić information content (AvgIpc) is 2.69. The molecule has 0 saturated heterocycles. The molecular formula is C25H37NO4Si. The summed E-state index contributed by atoms with van der Waals surface area (Å²) < 4.78 is 12.1. The smallest absolute Gasteiger partial charge is 0.407 e. The lowest BCUT2D eigenvalue weighted by atomic mass is 10.2. The molecule has 1 atom stereocenters. The van der Waals surface area contributed by atoms with Crippen LogP contribution in [0.1, 0.15) is 48.0 Å². The Morgan fingerprint density at radius 1 is 0.935 bits per heavy atom. The summed E-state index contributed by atoms with van der Waals surface area (Å²) in [4.78, 5) is 12.1. The zero-order valence-corrected chi connectivity index (χ0v) is 20.6. The van der Waals surface area contributed by atoms with Gasteiger partial charge in [0.1, 0.15) is 5.60 Å². The van der Waals surface area contributed by atoms with Crippen LogP contribution in [0, 0.1) is 0 Å². The van der Waals surface area contributed by atoms with Gasteiger partial charge in [0.2, 0.25) is 0 Å². The predicted molar refractivity (Wildman–Crippen MR) is 128 cm³/mol. The van der Waals surface area contributed by atoms with E-state index < -0.39 is 26.1 Å². The molecule has 0 radical (unpaired) electrons. The Morgan fingerprint density at radius 3 is 1.81 bits per heavy atom. The third-order valence-corrected chi connectivity index (χ3v) is 10.2. The molecule has 0 aliphatic rings. The molecule has 170 valence electrons. The van der Waals surface area contributed by atoms with Crippen molar-refractivity contribution in [2.24, 2.45) is 0 Å². The summed E-state index contributed by atoms with van der Waals surface area (Å²) in [5.41, 5.74) is -0.588. The Kier molecular flexibility index (Phi) is 8.46. The molecule has 0 heterocycles. The SMILES string of the molecule is CC(C)(C)OC(=O)N[C@@H](CO)CCO[Si](c1ccccc1)(c1ccccc1)C(C)(C)C. The van der Waals surface area contributed by atoms with Crippen molar-refractivity contribution in [1.82, 2.24) is 5.32 Å². The van der Waals surface area contributed by atoms with E-state index in [1.54, 1.807) is 0 Å². The summed E-state index contributed by atoms with van der Waals surface area (Å²) in [7, 11) is -2.63. The van der Waals surface area contributed by atoms with Crippen LogP contribution in [0.4, 0.5) is 4.79 Å². The summed E-state index contributed by atoms with van der Waals surface area (Å²) in [5, 5.41) is 14.8. The second-order valence-corrected chi connectivity index (χ2v) is 14.1. The molecule has 2 aromatic rings. The highest BCUT2D eigenvalue weighted by Gasteiger charge is 2.50. The van der Waals surface area contributed by atoms with Gasteiger partial charge in [0.25, 0.3) is 8.32 Å². The molecule has 0 bridgehead atoms. The molecule has 0 aliphatic heterocycles. The highest BCUT2D eigenvalue weighted by atomic mass is 28.4. The molecule has 5 nitrogen and oxygen atoms in total. The lowest BCUT2D eigenvalue weighted by Gasteiger charge is -2.43. The number of amides is 1. The zero-order valence-electron chi connectivity index (χ0n) is 19.6. The first kappa shape index (κ1) is 25.1. The fourth-order valence-electron chi connectivity index (χ4n) is 3.80. The number of rotatable bonds is 8. The van der Waals surface area contributed by atoms with Crippen LogP contribution < -0.4 is 15.7 Å². The highest BCUT2D eigenvalue weighted by molar-refractivity contribution is 6.99. The van der Waals surface area contributed by atoms with Gasteiger partial charge in [-0.05, 0) is 42.6 Å². The number of hydrogen-bond donors (Lipinski definition) is 2. The predicted octanol–water partition coefficient (Wildman–Crippen LogP) is 3.84. The van der Waals surface area contributed by atoms with Crippen LogP contribution in [0.15, 0.2) is 60.7 Å². The maximum absolute atomic E-state index is 12.1.